The zero-order valence-corrected chi connectivity index (χ0v) is 13.5. The maximum atomic E-state index is 13.1. The summed E-state index contributed by atoms with van der Waals surface area (Å²) in [5, 5.41) is 9.33. The molecule has 3 rings (SSSR count). The Labute approximate surface area is 135 Å². The smallest absolute Gasteiger partial charge is 0.312 e. The molecule has 2 heterocycles. The molecule has 0 bridgehead atoms. The lowest BCUT2D eigenvalue weighted by atomic mass is 9.97. The molecule has 4 heteroatoms. The molecule has 0 saturated carbocycles. The van der Waals surface area contributed by atoms with Gasteiger partial charge in [-0.25, -0.2) is 0 Å². The van der Waals surface area contributed by atoms with E-state index in [1.807, 2.05) is 41.8 Å². The quantitative estimate of drug-likeness (QED) is 0.859. The van der Waals surface area contributed by atoms with Gasteiger partial charge in [-0.05, 0) is 37.0 Å². The number of nitrogens with zero attached hydrogens (tertiary/aromatic N) is 1. The van der Waals surface area contributed by atoms with Crippen molar-refractivity contribution in [3.8, 4) is 0 Å². The monoisotopic (exact) mass is 311 g/mol. The molecule has 1 aromatic carbocycles. The summed E-state index contributed by atoms with van der Waals surface area (Å²) in [4.78, 5) is 24.5. The van der Waals surface area contributed by atoms with Crippen molar-refractivity contribution in [3.05, 3.63) is 58.4 Å². The second-order valence-electron chi connectivity index (χ2n) is 6.17. The van der Waals surface area contributed by atoms with E-state index in [0.29, 0.717) is 18.7 Å². The van der Waals surface area contributed by atoms with Crippen LogP contribution in [0.1, 0.15) is 58.6 Å². The van der Waals surface area contributed by atoms with Crippen molar-refractivity contribution in [1.82, 2.24) is 4.57 Å². The summed E-state index contributed by atoms with van der Waals surface area (Å²) >= 11 is 0. The molecule has 23 heavy (non-hydrogen) atoms. The molecule has 0 radical (unpaired) electrons. The number of ketones is 1. The normalized spacial score (nSPS) is 16.3. The second kappa shape index (κ2) is 6.03. The molecule has 4 nitrogen and oxygen atoms in total. The minimum Gasteiger partial charge on any atom is -0.481 e. The van der Waals surface area contributed by atoms with Crippen LogP contribution in [0, 0.1) is 6.92 Å². The van der Waals surface area contributed by atoms with Crippen molar-refractivity contribution in [2.45, 2.75) is 45.6 Å². The molecular weight excluding hydrogens is 290 g/mol. The van der Waals surface area contributed by atoms with Crippen LogP contribution in [0.2, 0.25) is 0 Å². The molecule has 1 aliphatic heterocycles. The van der Waals surface area contributed by atoms with E-state index in [9.17, 15) is 14.7 Å². The Morgan fingerprint density at radius 3 is 2.74 bits per heavy atom. The summed E-state index contributed by atoms with van der Waals surface area (Å²) in [6.45, 7) is 4.58. The molecule has 0 amide bonds. The number of carbonyl (C=O) groups is 2. The van der Waals surface area contributed by atoms with Crippen LogP contribution in [0.5, 0.6) is 0 Å². The largest absolute Gasteiger partial charge is 0.481 e. The summed E-state index contributed by atoms with van der Waals surface area (Å²) in [6.07, 6.45) is 2.41. The molecule has 0 spiro atoms. The SMILES string of the molecule is CCCc1ccccc1C(=O)c1c(C)cc2n1CCC2C(=O)O. The molecular formula is C19H21NO3. The average molecular weight is 311 g/mol. The Bertz CT molecular complexity index is 773. The van der Waals surface area contributed by atoms with Crippen LogP contribution < -0.4 is 0 Å². The Hall–Kier alpha value is -2.36. The number of aromatic nitrogens is 1. The van der Waals surface area contributed by atoms with Crippen LogP contribution in [0.4, 0.5) is 0 Å². The van der Waals surface area contributed by atoms with Crippen molar-refractivity contribution < 1.29 is 14.7 Å². The Morgan fingerprint density at radius 1 is 1.30 bits per heavy atom. The van der Waals surface area contributed by atoms with E-state index in [1.165, 1.54) is 0 Å². The maximum Gasteiger partial charge on any atom is 0.312 e. The average Bonchev–Trinajstić information content (AvgIpc) is 3.05. The van der Waals surface area contributed by atoms with E-state index >= 15 is 0 Å². The molecule has 0 saturated heterocycles. The first-order valence-electron chi connectivity index (χ1n) is 8.10. The summed E-state index contributed by atoms with van der Waals surface area (Å²) < 4.78 is 1.90. The first kappa shape index (κ1) is 15.5. The first-order valence-corrected chi connectivity index (χ1v) is 8.10. The highest BCUT2D eigenvalue weighted by atomic mass is 16.4. The van der Waals surface area contributed by atoms with Crippen LogP contribution in [-0.2, 0) is 17.8 Å². The van der Waals surface area contributed by atoms with Crippen molar-refractivity contribution in [2.75, 3.05) is 0 Å². The van der Waals surface area contributed by atoms with E-state index in [-0.39, 0.29) is 5.78 Å². The van der Waals surface area contributed by atoms with Gasteiger partial charge in [-0.15, -0.1) is 0 Å². The Kier molecular flexibility index (Phi) is 4.07. The van der Waals surface area contributed by atoms with E-state index < -0.39 is 11.9 Å². The molecule has 120 valence electrons. The third-order valence-electron chi connectivity index (χ3n) is 4.61. The van der Waals surface area contributed by atoms with Gasteiger partial charge in [0, 0.05) is 17.8 Å². The second-order valence-corrected chi connectivity index (χ2v) is 6.17. The number of carboxylic acid groups (broad SMARTS) is 1. The number of benzene rings is 1. The van der Waals surface area contributed by atoms with Crippen molar-refractivity contribution in [1.29, 1.82) is 0 Å². The molecule has 1 N–H and O–H groups in total. The number of hydrogen-bond acceptors (Lipinski definition) is 2. The number of rotatable bonds is 5. The molecule has 1 aromatic heterocycles. The van der Waals surface area contributed by atoms with E-state index in [2.05, 4.69) is 6.92 Å². The lowest BCUT2D eigenvalue weighted by Gasteiger charge is -2.11. The number of carbonyl (C=O) groups excluding carboxylic acids is 1. The Morgan fingerprint density at radius 2 is 2.04 bits per heavy atom. The third-order valence-corrected chi connectivity index (χ3v) is 4.61. The highest BCUT2D eigenvalue weighted by molar-refractivity contribution is 6.10. The van der Waals surface area contributed by atoms with Crippen LogP contribution in [0.3, 0.4) is 0 Å². The van der Waals surface area contributed by atoms with Gasteiger partial charge in [0.1, 0.15) is 0 Å². The fourth-order valence-corrected chi connectivity index (χ4v) is 3.55. The van der Waals surface area contributed by atoms with Crippen LogP contribution >= 0.6 is 0 Å². The number of aliphatic carboxylic acids is 1. The van der Waals surface area contributed by atoms with E-state index in [4.69, 9.17) is 0 Å². The molecule has 2 aromatic rings. The molecule has 1 unspecified atom stereocenters. The van der Waals surface area contributed by atoms with Gasteiger partial charge < -0.3 is 9.67 Å². The summed E-state index contributed by atoms with van der Waals surface area (Å²) in [7, 11) is 0. The van der Waals surface area contributed by atoms with Crippen LogP contribution in [0.15, 0.2) is 30.3 Å². The van der Waals surface area contributed by atoms with E-state index in [1.54, 1.807) is 0 Å². The lowest BCUT2D eigenvalue weighted by Crippen LogP contribution is -2.12. The minimum atomic E-state index is -0.813. The highest BCUT2D eigenvalue weighted by Crippen LogP contribution is 2.34. The molecule has 1 atom stereocenters. The predicted octanol–water partition coefficient (Wildman–Crippen LogP) is 3.55. The van der Waals surface area contributed by atoms with Gasteiger partial charge in [0.15, 0.2) is 0 Å². The van der Waals surface area contributed by atoms with Gasteiger partial charge in [0.05, 0.1) is 11.6 Å². The number of hydrogen-bond donors (Lipinski definition) is 1. The zero-order valence-electron chi connectivity index (χ0n) is 13.5. The third kappa shape index (κ3) is 2.58. The lowest BCUT2D eigenvalue weighted by molar-refractivity contribution is -0.138. The van der Waals surface area contributed by atoms with Gasteiger partial charge in [0.25, 0.3) is 0 Å². The minimum absolute atomic E-state index is 0.00355. The number of aryl methyl sites for hydroxylation is 2. The standard InChI is InChI=1S/C19H21NO3/c1-3-6-13-7-4-5-8-14(13)18(21)17-12(2)11-16-15(19(22)23)9-10-20(16)17/h4-5,7-8,11,15H,3,6,9-10H2,1-2H3,(H,22,23). The fraction of sp³-hybridized carbons (Fsp3) is 0.368. The summed E-state index contributed by atoms with van der Waals surface area (Å²) in [5.41, 5.74) is 4.06. The topological polar surface area (TPSA) is 59.3 Å². The maximum absolute atomic E-state index is 13.1. The van der Waals surface area contributed by atoms with Crippen LogP contribution in [-0.4, -0.2) is 21.4 Å². The van der Waals surface area contributed by atoms with Gasteiger partial charge in [-0.3, -0.25) is 9.59 Å². The summed E-state index contributed by atoms with van der Waals surface area (Å²) in [6, 6.07) is 9.57. The van der Waals surface area contributed by atoms with Crippen molar-refractivity contribution in [2.24, 2.45) is 0 Å². The van der Waals surface area contributed by atoms with Gasteiger partial charge in [0.2, 0.25) is 5.78 Å². The summed E-state index contributed by atoms with van der Waals surface area (Å²) in [5.74, 6) is -1.31. The van der Waals surface area contributed by atoms with Gasteiger partial charge >= 0.3 is 5.97 Å². The highest BCUT2D eigenvalue weighted by Gasteiger charge is 2.33. The number of carboxylic acids is 1. The molecule has 0 fully saturated rings. The Balaban J connectivity index is 2.06. The predicted molar refractivity (Wildman–Crippen MR) is 88.0 cm³/mol. The fourth-order valence-electron chi connectivity index (χ4n) is 3.55. The van der Waals surface area contributed by atoms with E-state index in [0.717, 1.165) is 35.2 Å². The first-order chi connectivity index (χ1) is 11.0. The molecule has 1 aliphatic rings. The number of fused-ring (bicyclic) bond motifs is 1. The van der Waals surface area contributed by atoms with Crippen molar-refractivity contribution >= 4 is 11.8 Å². The molecule has 0 aliphatic carbocycles. The van der Waals surface area contributed by atoms with Crippen molar-refractivity contribution in [3.63, 3.8) is 0 Å². The van der Waals surface area contributed by atoms with Crippen LogP contribution in [0.25, 0.3) is 0 Å². The van der Waals surface area contributed by atoms with Gasteiger partial charge in [-0.2, -0.15) is 0 Å². The zero-order chi connectivity index (χ0) is 16.6. The van der Waals surface area contributed by atoms with Gasteiger partial charge in [-0.1, -0.05) is 37.6 Å².